The number of ether oxygens (including phenoxy) is 1. The fourth-order valence-electron chi connectivity index (χ4n) is 3.58. The minimum Gasteiger partial charge on any atom is -0.497 e. The summed E-state index contributed by atoms with van der Waals surface area (Å²) < 4.78 is 5.15. The van der Waals surface area contributed by atoms with Gasteiger partial charge in [0.25, 0.3) is 0 Å². The van der Waals surface area contributed by atoms with Crippen molar-refractivity contribution in [1.29, 1.82) is 0 Å². The second-order valence-electron chi connectivity index (χ2n) is 6.94. The van der Waals surface area contributed by atoms with Gasteiger partial charge in [-0.25, -0.2) is 4.79 Å². The van der Waals surface area contributed by atoms with Crippen LogP contribution in [0.2, 0.25) is 0 Å². The van der Waals surface area contributed by atoms with Gasteiger partial charge in [-0.3, -0.25) is 4.90 Å². The quantitative estimate of drug-likeness (QED) is 0.794. The standard InChI is InChI=1S/C22H29N3O2/c1-27-20-13-11-19(12-14-20)24-22(26)23-17-21(18-9-5-4-6-10-18)25-15-7-2-3-8-16-25/h4-6,9-14,21H,2-3,7-8,15-17H2,1H3,(H2,23,24,26). The predicted octanol–water partition coefficient (Wildman–Crippen LogP) is 4.43. The van der Waals surface area contributed by atoms with E-state index in [4.69, 9.17) is 4.74 Å². The minimum atomic E-state index is -0.184. The maximum Gasteiger partial charge on any atom is 0.319 e. The van der Waals surface area contributed by atoms with Gasteiger partial charge in [0.1, 0.15) is 5.75 Å². The number of nitrogens with zero attached hydrogens (tertiary/aromatic N) is 1. The molecule has 1 aliphatic rings. The van der Waals surface area contributed by atoms with Crippen LogP contribution in [0.25, 0.3) is 0 Å². The summed E-state index contributed by atoms with van der Waals surface area (Å²) in [6.45, 7) is 2.76. The minimum absolute atomic E-state index is 0.184. The number of rotatable bonds is 6. The highest BCUT2D eigenvalue weighted by atomic mass is 16.5. The van der Waals surface area contributed by atoms with Crippen LogP contribution in [0, 0.1) is 0 Å². The lowest BCUT2D eigenvalue weighted by molar-refractivity contribution is 0.198. The van der Waals surface area contributed by atoms with E-state index in [0.29, 0.717) is 6.54 Å². The molecule has 0 aliphatic carbocycles. The predicted molar refractivity (Wildman–Crippen MR) is 109 cm³/mol. The zero-order valence-corrected chi connectivity index (χ0v) is 16.0. The summed E-state index contributed by atoms with van der Waals surface area (Å²) in [5.74, 6) is 0.770. The van der Waals surface area contributed by atoms with E-state index in [-0.39, 0.29) is 12.1 Å². The van der Waals surface area contributed by atoms with Crippen LogP contribution >= 0.6 is 0 Å². The molecule has 1 saturated heterocycles. The Bertz CT molecular complexity index is 695. The average Bonchev–Trinajstić information content (AvgIpc) is 2.99. The molecule has 2 aromatic carbocycles. The van der Waals surface area contributed by atoms with Gasteiger partial charge < -0.3 is 15.4 Å². The molecule has 0 spiro atoms. The molecule has 3 rings (SSSR count). The molecule has 1 unspecified atom stereocenters. The third-order valence-corrected chi connectivity index (χ3v) is 5.07. The van der Waals surface area contributed by atoms with E-state index < -0.39 is 0 Å². The summed E-state index contributed by atoms with van der Waals surface area (Å²) in [6.07, 6.45) is 5.04. The molecule has 1 fully saturated rings. The van der Waals surface area contributed by atoms with Gasteiger partial charge in [0.2, 0.25) is 0 Å². The number of methoxy groups -OCH3 is 1. The maximum absolute atomic E-state index is 12.4. The molecule has 1 heterocycles. The normalized spacial score (nSPS) is 16.2. The van der Waals surface area contributed by atoms with Gasteiger partial charge in [-0.05, 0) is 55.8 Å². The first-order chi connectivity index (χ1) is 13.3. The third kappa shape index (κ3) is 5.73. The van der Waals surface area contributed by atoms with Crippen LogP contribution in [-0.4, -0.2) is 37.7 Å². The molecule has 144 valence electrons. The molecule has 1 aliphatic heterocycles. The van der Waals surface area contributed by atoms with E-state index in [1.54, 1.807) is 7.11 Å². The first-order valence-corrected chi connectivity index (χ1v) is 9.74. The van der Waals surface area contributed by atoms with Crippen LogP contribution in [0.1, 0.15) is 37.3 Å². The van der Waals surface area contributed by atoms with E-state index in [9.17, 15) is 4.79 Å². The highest BCUT2D eigenvalue weighted by Crippen LogP contribution is 2.24. The Morgan fingerprint density at radius 2 is 1.67 bits per heavy atom. The monoisotopic (exact) mass is 367 g/mol. The molecular weight excluding hydrogens is 338 g/mol. The second kappa shape index (κ2) is 9.97. The van der Waals surface area contributed by atoms with Gasteiger partial charge >= 0.3 is 6.03 Å². The van der Waals surface area contributed by atoms with Crippen molar-refractivity contribution in [2.45, 2.75) is 31.7 Å². The first-order valence-electron chi connectivity index (χ1n) is 9.74. The number of benzene rings is 2. The van der Waals surface area contributed by atoms with Gasteiger partial charge in [-0.1, -0.05) is 43.2 Å². The van der Waals surface area contributed by atoms with Crippen molar-refractivity contribution in [1.82, 2.24) is 10.2 Å². The molecule has 5 heteroatoms. The molecule has 27 heavy (non-hydrogen) atoms. The van der Waals surface area contributed by atoms with Crippen molar-refractivity contribution >= 4 is 11.7 Å². The van der Waals surface area contributed by atoms with Crippen LogP contribution in [0.3, 0.4) is 0 Å². The lowest BCUT2D eigenvalue weighted by atomic mass is 10.0. The zero-order valence-electron chi connectivity index (χ0n) is 16.0. The highest BCUT2D eigenvalue weighted by Gasteiger charge is 2.22. The molecule has 0 radical (unpaired) electrons. The number of carbonyl (C=O) groups excluding carboxylic acids is 1. The number of nitrogens with one attached hydrogen (secondary N) is 2. The van der Waals surface area contributed by atoms with E-state index in [2.05, 4.69) is 39.8 Å². The Morgan fingerprint density at radius 3 is 2.30 bits per heavy atom. The van der Waals surface area contributed by atoms with Gasteiger partial charge in [-0.15, -0.1) is 0 Å². The van der Waals surface area contributed by atoms with E-state index in [1.165, 1.54) is 31.2 Å². The molecule has 5 nitrogen and oxygen atoms in total. The van der Waals surface area contributed by atoms with Crippen molar-refractivity contribution in [3.05, 3.63) is 60.2 Å². The zero-order chi connectivity index (χ0) is 18.9. The summed E-state index contributed by atoms with van der Waals surface area (Å²) in [5, 5.41) is 5.94. The summed E-state index contributed by atoms with van der Waals surface area (Å²) >= 11 is 0. The van der Waals surface area contributed by atoms with Gasteiger partial charge in [0.05, 0.1) is 13.2 Å². The van der Waals surface area contributed by atoms with E-state index in [0.717, 1.165) is 24.5 Å². The summed E-state index contributed by atoms with van der Waals surface area (Å²) in [6, 6.07) is 17.8. The molecule has 2 amide bonds. The smallest absolute Gasteiger partial charge is 0.319 e. The van der Waals surface area contributed by atoms with Crippen molar-refractivity contribution in [3.63, 3.8) is 0 Å². The SMILES string of the molecule is COc1ccc(NC(=O)NCC(c2ccccc2)N2CCCCCC2)cc1. The number of amides is 2. The van der Waals surface area contributed by atoms with Crippen molar-refractivity contribution < 1.29 is 9.53 Å². The summed E-state index contributed by atoms with van der Waals surface area (Å²) in [7, 11) is 1.63. The molecule has 0 aromatic heterocycles. The Hall–Kier alpha value is -2.53. The Morgan fingerprint density at radius 1 is 1.00 bits per heavy atom. The molecule has 0 bridgehead atoms. The number of likely N-dealkylation sites (tertiary alicyclic amines) is 1. The van der Waals surface area contributed by atoms with Gasteiger partial charge in [0, 0.05) is 12.2 Å². The second-order valence-corrected chi connectivity index (χ2v) is 6.94. The number of carbonyl (C=O) groups is 1. The van der Waals surface area contributed by atoms with Crippen molar-refractivity contribution in [2.75, 3.05) is 32.1 Å². The van der Waals surface area contributed by atoms with Crippen LogP contribution < -0.4 is 15.4 Å². The largest absolute Gasteiger partial charge is 0.497 e. The molecule has 0 saturated carbocycles. The highest BCUT2D eigenvalue weighted by molar-refractivity contribution is 5.89. The van der Waals surface area contributed by atoms with Crippen LogP contribution in [0.15, 0.2) is 54.6 Å². The van der Waals surface area contributed by atoms with E-state index in [1.807, 2.05) is 30.3 Å². The van der Waals surface area contributed by atoms with Gasteiger partial charge in [-0.2, -0.15) is 0 Å². The van der Waals surface area contributed by atoms with Crippen molar-refractivity contribution in [2.24, 2.45) is 0 Å². The van der Waals surface area contributed by atoms with E-state index >= 15 is 0 Å². The van der Waals surface area contributed by atoms with Gasteiger partial charge in [0.15, 0.2) is 0 Å². The number of hydrogen-bond acceptors (Lipinski definition) is 3. The Kier molecular flexibility index (Phi) is 7.11. The summed E-state index contributed by atoms with van der Waals surface area (Å²) in [4.78, 5) is 14.9. The lowest BCUT2D eigenvalue weighted by Gasteiger charge is -2.31. The fourth-order valence-corrected chi connectivity index (χ4v) is 3.58. The number of hydrogen-bond donors (Lipinski definition) is 2. The molecule has 1 atom stereocenters. The summed E-state index contributed by atoms with van der Waals surface area (Å²) in [5.41, 5.74) is 2.00. The van der Waals surface area contributed by atoms with Crippen LogP contribution in [-0.2, 0) is 0 Å². The van der Waals surface area contributed by atoms with Crippen molar-refractivity contribution in [3.8, 4) is 5.75 Å². The maximum atomic E-state index is 12.4. The third-order valence-electron chi connectivity index (χ3n) is 5.07. The average molecular weight is 367 g/mol. The Balaban J connectivity index is 1.61. The molecule has 2 aromatic rings. The number of urea groups is 1. The topological polar surface area (TPSA) is 53.6 Å². The lowest BCUT2D eigenvalue weighted by Crippen LogP contribution is -2.40. The molecule has 2 N–H and O–H groups in total. The first kappa shape index (κ1) is 19.2. The van der Waals surface area contributed by atoms with Crippen LogP contribution in [0.5, 0.6) is 5.75 Å². The fraction of sp³-hybridized carbons (Fsp3) is 0.409. The molecular formula is C22H29N3O2. The number of anilines is 1. The van der Waals surface area contributed by atoms with Crippen LogP contribution in [0.4, 0.5) is 10.5 Å². The Labute approximate surface area is 161 Å².